The van der Waals surface area contributed by atoms with E-state index in [0.29, 0.717) is 0 Å². The van der Waals surface area contributed by atoms with Crippen LogP contribution in [0.25, 0.3) is 10.8 Å². The Labute approximate surface area is 131 Å². The Bertz CT molecular complexity index is 768. The van der Waals surface area contributed by atoms with Gasteiger partial charge in [0.15, 0.2) is 0 Å². The zero-order chi connectivity index (χ0) is 14.2. The molecule has 0 aliphatic carbocycles. The van der Waals surface area contributed by atoms with Crippen LogP contribution in [0, 0.1) is 0 Å². The van der Waals surface area contributed by atoms with Crippen LogP contribution < -0.4 is 0 Å². The molecule has 0 fully saturated rings. The highest BCUT2D eigenvalue weighted by molar-refractivity contribution is 7.98. The van der Waals surface area contributed by atoms with Crippen molar-refractivity contribution in [1.82, 2.24) is 4.98 Å². The van der Waals surface area contributed by atoms with Crippen LogP contribution in [-0.2, 0) is 12.2 Å². The SMILES string of the molecule is OC(c1cc2c(s1)CCSC2)c1cncc2ccccc12. The lowest BCUT2D eigenvalue weighted by Gasteiger charge is -2.11. The molecule has 4 rings (SSSR count). The molecule has 1 aliphatic heterocycles. The first kappa shape index (κ1) is 13.3. The summed E-state index contributed by atoms with van der Waals surface area (Å²) in [6.45, 7) is 0. The van der Waals surface area contributed by atoms with E-state index in [1.165, 1.54) is 16.2 Å². The lowest BCUT2D eigenvalue weighted by atomic mass is 10.0. The second kappa shape index (κ2) is 5.44. The molecule has 1 aliphatic rings. The van der Waals surface area contributed by atoms with Crippen molar-refractivity contribution in [3.05, 3.63) is 63.6 Å². The fraction of sp³-hybridized carbons (Fsp3) is 0.235. The summed E-state index contributed by atoms with van der Waals surface area (Å²) in [6.07, 6.45) is 4.19. The van der Waals surface area contributed by atoms with Crippen molar-refractivity contribution >= 4 is 33.9 Å². The van der Waals surface area contributed by atoms with Gasteiger partial charge in [-0.15, -0.1) is 11.3 Å². The number of rotatable bonds is 2. The number of pyridine rings is 1. The number of hydrogen-bond acceptors (Lipinski definition) is 4. The highest BCUT2D eigenvalue weighted by Crippen LogP contribution is 2.37. The number of thiophene rings is 1. The Morgan fingerprint density at radius 3 is 3.00 bits per heavy atom. The first-order valence-corrected chi connectivity index (χ1v) is 9.00. The van der Waals surface area contributed by atoms with Crippen LogP contribution >= 0.6 is 23.1 Å². The third-order valence-corrected chi connectivity index (χ3v) is 6.21. The Morgan fingerprint density at radius 1 is 1.19 bits per heavy atom. The fourth-order valence-corrected chi connectivity index (χ4v) is 5.20. The number of nitrogens with zero attached hydrogens (tertiary/aromatic N) is 1. The van der Waals surface area contributed by atoms with Crippen LogP contribution in [-0.4, -0.2) is 15.8 Å². The van der Waals surface area contributed by atoms with Gasteiger partial charge < -0.3 is 5.11 Å². The van der Waals surface area contributed by atoms with Crippen LogP contribution in [0.4, 0.5) is 0 Å². The molecule has 1 unspecified atom stereocenters. The molecule has 1 atom stereocenters. The van der Waals surface area contributed by atoms with Crippen molar-refractivity contribution < 1.29 is 5.11 Å². The third-order valence-electron chi connectivity index (χ3n) is 3.91. The summed E-state index contributed by atoms with van der Waals surface area (Å²) in [5, 5.41) is 13.0. The minimum absolute atomic E-state index is 0.579. The number of benzene rings is 1. The molecule has 0 bridgehead atoms. The molecule has 1 aromatic carbocycles. The van der Waals surface area contributed by atoms with Gasteiger partial charge in [-0.1, -0.05) is 24.3 Å². The maximum Gasteiger partial charge on any atom is 0.115 e. The largest absolute Gasteiger partial charge is 0.383 e. The van der Waals surface area contributed by atoms with Gasteiger partial charge in [-0.3, -0.25) is 4.98 Å². The van der Waals surface area contributed by atoms with Gasteiger partial charge in [0, 0.05) is 38.9 Å². The molecule has 2 aromatic heterocycles. The molecule has 4 heteroatoms. The van der Waals surface area contributed by atoms with E-state index in [2.05, 4.69) is 17.1 Å². The summed E-state index contributed by atoms with van der Waals surface area (Å²) in [5.41, 5.74) is 2.30. The number of fused-ring (bicyclic) bond motifs is 2. The Morgan fingerprint density at radius 2 is 2.10 bits per heavy atom. The zero-order valence-corrected chi connectivity index (χ0v) is 13.1. The maximum atomic E-state index is 10.8. The molecular weight excluding hydrogens is 298 g/mol. The number of aromatic nitrogens is 1. The van der Waals surface area contributed by atoms with Crippen LogP contribution in [0.15, 0.2) is 42.7 Å². The second-order valence-electron chi connectivity index (χ2n) is 5.25. The summed E-state index contributed by atoms with van der Waals surface area (Å²) in [6, 6.07) is 10.3. The molecule has 1 N–H and O–H groups in total. The summed E-state index contributed by atoms with van der Waals surface area (Å²) in [4.78, 5) is 6.76. The molecule has 21 heavy (non-hydrogen) atoms. The number of hydrogen-bond donors (Lipinski definition) is 1. The standard InChI is InChI=1S/C17H15NOS2/c19-17(16-7-12-10-20-6-5-15(12)21-16)14-9-18-8-11-3-1-2-4-13(11)14/h1-4,7-9,17,19H,5-6,10H2. The van der Waals surface area contributed by atoms with Crippen molar-refractivity contribution in [3.63, 3.8) is 0 Å². The molecule has 0 saturated heterocycles. The van der Waals surface area contributed by atoms with Crippen molar-refractivity contribution in [3.8, 4) is 0 Å². The Balaban J connectivity index is 1.79. The van der Waals surface area contributed by atoms with E-state index >= 15 is 0 Å². The number of thioether (sulfide) groups is 1. The van der Waals surface area contributed by atoms with Gasteiger partial charge in [0.25, 0.3) is 0 Å². The van der Waals surface area contributed by atoms with E-state index in [4.69, 9.17) is 0 Å². The quantitative estimate of drug-likeness (QED) is 0.771. The number of aliphatic hydroxyl groups excluding tert-OH is 1. The Kier molecular flexibility index (Phi) is 3.45. The summed E-state index contributed by atoms with van der Waals surface area (Å²) in [5.74, 6) is 2.27. The number of aliphatic hydroxyl groups is 1. The molecule has 3 aromatic rings. The van der Waals surface area contributed by atoms with Crippen LogP contribution in [0.1, 0.15) is 27.0 Å². The van der Waals surface area contributed by atoms with Crippen LogP contribution in [0.3, 0.4) is 0 Å². The average molecular weight is 313 g/mol. The highest BCUT2D eigenvalue weighted by atomic mass is 32.2. The van der Waals surface area contributed by atoms with Crippen LogP contribution in [0.5, 0.6) is 0 Å². The summed E-state index contributed by atoms with van der Waals surface area (Å²) >= 11 is 3.73. The maximum absolute atomic E-state index is 10.8. The second-order valence-corrected chi connectivity index (χ2v) is 7.53. The van der Waals surface area contributed by atoms with Crippen molar-refractivity contribution in [1.29, 1.82) is 0 Å². The van der Waals surface area contributed by atoms with Crippen molar-refractivity contribution in [2.75, 3.05) is 5.75 Å². The van der Waals surface area contributed by atoms with Crippen molar-refractivity contribution in [2.24, 2.45) is 0 Å². The van der Waals surface area contributed by atoms with E-state index in [9.17, 15) is 5.11 Å². The average Bonchev–Trinajstić information content (AvgIpc) is 2.97. The molecule has 0 saturated carbocycles. The minimum atomic E-state index is -0.579. The van der Waals surface area contributed by atoms with E-state index in [0.717, 1.165) is 33.4 Å². The smallest absolute Gasteiger partial charge is 0.115 e. The van der Waals surface area contributed by atoms with Crippen LogP contribution in [0.2, 0.25) is 0 Å². The van der Waals surface area contributed by atoms with E-state index in [1.54, 1.807) is 17.5 Å². The van der Waals surface area contributed by atoms with E-state index < -0.39 is 6.10 Å². The van der Waals surface area contributed by atoms with Gasteiger partial charge in [0.1, 0.15) is 6.10 Å². The summed E-state index contributed by atoms with van der Waals surface area (Å²) < 4.78 is 0. The van der Waals surface area contributed by atoms with Gasteiger partial charge in [0.2, 0.25) is 0 Å². The molecule has 2 nitrogen and oxygen atoms in total. The first-order valence-electron chi connectivity index (χ1n) is 7.03. The predicted octanol–water partition coefficient (Wildman–Crippen LogP) is 4.17. The fourth-order valence-electron chi connectivity index (χ4n) is 2.82. The molecule has 0 spiro atoms. The van der Waals surface area contributed by atoms with E-state index in [1.807, 2.05) is 36.2 Å². The highest BCUT2D eigenvalue weighted by Gasteiger charge is 2.20. The predicted molar refractivity (Wildman–Crippen MR) is 90.0 cm³/mol. The number of aryl methyl sites for hydroxylation is 1. The minimum Gasteiger partial charge on any atom is -0.383 e. The lowest BCUT2D eigenvalue weighted by molar-refractivity contribution is 0.225. The lowest BCUT2D eigenvalue weighted by Crippen LogP contribution is -1.99. The van der Waals surface area contributed by atoms with Gasteiger partial charge in [-0.25, -0.2) is 0 Å². The van der Waals surface area contributed by atoms with Crippen molar-refractivity contribution in [2.45, 2.75) is 18.3 Å². The summed E-state index contributed by atoms with van der Waals surface area (Å²) in [7, 11) is 0. The zero-order valence-electron chi connectivity index (χ0n) is 11.5. The monoisotopic (exact) mass is 313 g/mol. The normalized spacial score (nSPS) is 15.9. The first-order chi connectivity index (χ1) is 10.3. The van der Waals surface area contributed by atoms with E-state index in [-0.39, 0.29) is 0 Å². The van der Waals surface area contributed by atoms with Gasteiger partial charge >= 0.3 is 0 Å². The molecule has 3 heterocycles. The molecule has 0 radical (unpaired) electrons. The topological polar surface area (TPSA) is 33.1 Å². The Hall–Kier alpha value is -1.36. The van der Waals surface area contributed by atoms with Gasteiger partial charge in [-0.2, -0.15) is 11.8 Å². The molecule has 106 valence electrons. The molecular formula is C17H15NOS2. The van der Waals surface area contributed by atoms with Gasteiger partial charge in [-0.05, 0) is 29.2 Å². The van der Waals surface area contributed by atoms with Gasteiger partial charge in [0.05, 0.1) is 0 Å². The molecule has 0 amide bonds. The third kappa shape index (κ3) is 2.37.